The summed E-state index contributed by atoms with van der Waals surface area (Å²) >= 11 is 0. The van der Waals surface area contributed by atoms with Crippen molar-refractivity contribution in [1.29, 1.82) is 10.5 Å². The third-order valence-electron chi connectivity index (χ3n) is 3.33. The molecular formula is C14H15N3. The van der Waals surface area contributed by atoms with Gasteiger partial charge in [-0.1, -0.05) is 6.07 Å². The van der Waals surface area contributed by atoms with Crippen LogP contribution in [0.2, 0.25) is 0 Å². The van der Waals surface area contributed by atoms with Crippen LogP contribution in [0, 0.1) is 28.6 Å². The Labute approximate surface area is 102 Å². The molecule has 0 N–H and O–H groups in total. The minimum atomic E-state index is 0.551. The van der Waals surface area contributed by atoms with Gasteiger partial charge in [0.05, 0.1) is 17.7 Å². The van der Waals surface area contributed by atoms with Crippen molar-refractivity contribution in [2.75, 3.05) is 18.0 Å². The standard InChI is InChI=1S/C14H15N3/c15-7-4-12-5-8-17(9-6-12)14-3-1-2-13(10-14)11-16/h1-3,10,12H,4-6,8-9H2. The Kier molecular flexibility index (Phi) is 3.62. The van der Waals surface area contributed by atoms with E-state index in [1.165, 1.54) is 0 Å². The Morgan fingerprint density at radius 2 is 2.00 bits per heavy atom. The smallest absolute Gasteiger partial charge is 0.0992 e. The zero-order chi connectivity index (χ0) is 12.1. The molecule has 0 saturated carbocycles. The molecule has 86 valence electrons. The van der Waals surface area contributed by atoms with Gasteiger partial charge in [0.1, 0.15) is 0 Å². The third-order valence-corrected chi connectivity index (χ3v) is 3.33. The predicted octanol–water partition coefficient (Wildman–Crippen LogP) is 2.69. The first kappa shape index (κ1) is 11.5. The molecule has 0 atom stereocenters. The molecule has 17 heavy (non-hydrogen) atoms. The highest BCUT2D eigenvalue weighted by atomic mass is 15.1. The summed E-state index contributed by atoms with van der Waals surface area (Å²) in [5, 5.41) is 17.5. The maximum absolute atomic E-state index is 8.87. The van der Waals surface area contributed by atoms with Gasteiger partial charge in [-0.05, 0) is 37.0 Å². The second-order valence-electron chi connectivity index (χ2n) is 4.45. The average Bonchev–Trinajstić information content (AvgIpc) is 2.40. The first-order chi connectivity index (χ1) is 8.33. The van der Waals surface area contributed by atoms with Crippen LogP contribution in [0.3, 0.4) is 0 Å². The Hall–Kier alpha value is -2.00. The van der Waals surface area contributed by atoms with E-state index in [0.29, 0.717) is 17.9 Å². The van der Waals surface area contributed by atoms with E-state index in [2.05, 4.69) is 17.0 Å². The molecule has 3 heteroatoms. The Morgan fingerprint density at radius 1 is 1.24 bits per heavy atom. The van der Waals surface area contributed by atoms with Crippen LogP contribution in [0.25, 0.3) is 0 Å². The molecular weight excluding hydrogens is 210 g/mol. The zero-order valence-corrected chi connectivity index (χ0v) is 9.76. The highest BCUT2D eigenvalue weighted by Crippen LogP contribution is 2.25. The number of hydrogen-bond donors (Lipinski definition) is 0. The summed E-state index contributed by atoms with van der Waals surface area (Å²) < 4.78 is 0. The fraction of sp³-hybridized carbons (Fsp3) is 0.429. The van der Waals surface area contributed by atoms with E-state index in [0.717, 1.165) is 31.6 Å². The number of nitrogens with zero attached hydrogens (tertiary/aromatic N) is 3. The van der Waals surface area contributed by atoms with E-state index in [1.807, 2.05) is 24.3 Å². The van der Waals surface area contributed by atoms with Gasteiger partial charge in [0, 0.05) is 25.2 Å². The monoisotopic (exact) mass is 225 g/mol. The quantitative estimate of drug-likeness (QED) is 0.777. The maximum atomic E-state index is 8.87. The minimum absolute atomic E-state index is 0.551. The molecule has 2 rings (SSSR count). The third kappa shape index (κ3) is 2.77. The van der Waals surface area contributed by atoms with Crippen LogP contribution in [0.1, 0.15) is 24.8 Å². The number of anilines is 1. The van der Waals surface area contributed by atoms with Crippen molar-refractivity contribution >= 4 is 5.69 Å². The van der Waals surface area contributed by atoms with Crippen molar-refractivity contribution in [3.63, 3.8) is 0 Å². The summed E-state index contributed by atoms with van der Waals surface area (Å²) in [4.78, 5) is 2.30. The first-order valence-electron chi connectivity index (χ1n) is 5.95. The molecule has 0 aromatic heterocycles. The number of benzene rings is 1. The van der Waals surface area contributed by atoms with Gasteiger partial charge >= 0.3 is 0 Å². The lowest BCUT2D eigenvalue weighted by Gasteiger charge is -2.32. The number of hydrogen-bond acceptors (Lipinski definition) is 3. The van der Waals surface area contributed by atoms with Crippen molar-refractivity contribution in [1.82, 2.24) is 0 Å². The summed E-state index contributed by atoms with van der Waals surface area (Å²) in [6.07, 6.45) is 2.82. The molecule has 3 nitrogen and oxygen atoms in total. The SMILES string of the molecule is N#CCC1CCN(c2cccc(C#N)c2)CC1. The van der Waals surface area contributed by atoms with Crippen molar-refractivity contribution in [2.45, 2.75) is 19.3 Å². The molecule has 1 aromatic carbocycles. The van der Waals surface area contributed by atoms with E-state index in [-0.39, 0.29) is 0 Å². The van der Waals surface area contributed by atoms with Gasteiger partial charge in [0.25, 0.3) is 0 Å². The molecule has 0 bridgehead atoms. The van der Waals surface area contributed by atoms with Gasteiger partial charge in [-0.2, -0.15) is 10.5 Å². The fourth-order valence-corrected chi connectivity index (χ4v) is 2.30. The first-order valence-corrected chi connectivity index (χ1v) is 5.95. The van der Waals surface area contributed by atoms with E-state index in [4.69, 9.17) is 10.5 Å². The topological polar surface area (TPSA) is 50.8 Å². The van der Waals surface area contributed by atoms with E-state index in [9.17, 15) is 0 Å². The Morgan fingerprint density at radius 3 is 2.65 bits per heavy atom. The minimum Gasteiger partial charge on any atom is -0.371 e. The van der Waals surface area contributed by atoms with Crippen LogP contribution in [0.15, 0.2) is 24.3 Å². The maximum Gasteiger partial charge on any atom is 0.0992 e. The molecule has 0 amide bonds. The normalized spacial score (nSPS) is 16.2. The van der Waals surface area contributed by atoms with Gasteiger partial charge in [-0.3, -0.25) is 0 Å². The molecule has 1 aliphatic rings. The van der Waals surface area contributed by atoms with E-state index >= 15 is 0 Å². The van der Waals surface area contributed by atoms with Crippen LogP contribution in [0.5, 0.6) is 0 Å². The van der Waals surface area contributed by atoms with Gasteiger partial charge in [-0.15, -0.1) is 0 Å². The average molecular weight is 225 g/mol. The summed E-state index contributed by atoms with van der Waals surface area (Å²) in [6.45, 7) is 1.97. The molecule has 1 aromatic rings. The Balaban J connectivity index is 2.01. The fourth-order valence-electron chi connectivity index (χ4n) is 2.30. The van der Waals surface area contributed by atoms with Crippen LogP contribution in [-0.4, -0.2) is 13.1 Å². The summed E-state index contributed by atoms with van der Waals surface area (Å²) in [7, 11) is 0. The largest absolute Gasteiger partial charge is 0.371 e. The molecule has 1 saturated heterocycles. The van der Waals surface area contributed by atoms with E-state index < -0.39 is 0 Å². The molecule has 0 unspecified atom stereocenters. The zero-order valence-electron chi connectivity index (χ0n) is 9.76. The number of rotatable bonds is 2. The number of piperidine rings is 1. The lowest BCUT2D eigenvalue weighted by atomic mass is 9.94. The highest BCUT2D eigenvalue weighted by Gasteiger charge is 2.19. The summed E-state index contributed by atoms with van der Waals surface area (Å²) in [5.41, 5.74) is 1.83. The Bertz CT molecular complexity index is 459. The van der Waals surface area contributed by atoms with Crippen LogP contribution in [0.4, 0.5) is 5.69 Å². The van der Waals surface area contributed by atoms with E-state index in [1.54, 1.807) is 0 Å². The summed E-state index contributed by atoms with van der Waals surface area (Å²) in [5.74, 6) is 0.551. The molecule has 1 heterocycles. The lowest BCUT2D eigenvalue weighted by molar-refractivity contribution is 0.413. The molecule has 1 aliphatic heterocycles. The predicted molar refractivity (Wildman–Crippen MR) is 66.3 cm³/mol. The highest BCUT2D eigenvalue weighted by molar-refractivity contribution is 5.51. The second-order valence-corrected chi connectivity index (χ2v) is 4.45. The van der Waals surface area contributed by atoms with Crippen molar-refractivity contribution in [2.24, 2.45) is 5.92 Å². The molecule has 1 fully saturated rings. The molecule has 0 radical (unpaired) electrons. The van der Waals surface area contributed by atoms with Gasteiger partial charge < -0.3 is 4.90 Å². The van der Waals surface area contributed by atoms with Crippen LogP contribution >= 0.6 is 0 Å². The van der Waals surface area contributed by atoms with Crippen LogP contribution in [-0.2, 0) is 0 Å². The molecule has 0 spiro atoms. The van der Waals surface area contributed by atoms with Gasteiger partial charge in [0.15, 0.2) is 0 Å². The summed E-state index contributed by atoms with van der Waals surface area (Å²) in [6, 6.07) is 12.1. The van der Waals surface area contributed by atoms with Crippen molar-refractivity contribution in [3.8, 4) is 12.1 Å². The van der Waals surface area contributed by atoms with Gasteiger partial charge in [-0.25, -0.2) is 0 Å². The van der Waals surface area contributed by atoms with Crippen molar-refractivity contribution < 1.29 is 0 Å². The second kappa shape index (κ2) is 5.37. The van der Waals surface area contributed by atoms with Gasteiger partial charge in [0.2, 0.25) is 0 Å². The van der Waals surface area contributed by atoms with Crippen molar-refractivity contribution in [3.05, 3.63) is 29.8 Å². The molecule has 0 aliphatic carbocycles. The van der Waals surface area contributed by atoms with Crippen LogP contribution < -0.4 is 4.90 Å². The lowest BCUT2D eigenvalue weighted by Crippen LogP contribution is -2.33. The number of nitriles is 2.